The fraction of sp³-hybridized carbons (Fsp3) is 0.250. The van der Waals surface area contributed by atoms with Crippen LogP contribution < -0.4 is 0 Å². The summed E-state index contributed by atoms with van der Waals surface area (Å²) in [5, 5.41) is 0. The van der Waals surface area contributed by atoms with Crippen LogP contribution in [0.3, 0.4) is 0 Å². The fourth-order valence-electron chi connectivity index (χ4n) is 2.09. The highest BCUT2D eigenvalue weighted by Crippen LogP contribution is 2.25. The maximum Gasteiger partial charge on any atom is 0.243 e. The smallest absolute Gasteiger partial charge is 0.207 e. The molecule has 0 N–H and O–H groups in total. The summed E-state index contributed by atoms with van der Waals surface area (Å²) in [4.78, 5) is 0.336. The lowest BCUT2D eigenvalue weighted by Gasteiger charge is -2.24. The molecule has 0 fully saturated rings. The Hall–Kier alpha value is -1.65. The number of sulfonamides is 1. The van der Waals surface area contributed by atoms with Crippen molar-refractivity contribution >= 4 is 10.0 Å². The molecule has 3 nitrogen and oxygen atoms in total. The quantitative estimate of drug-likeness (QED) is 0.865. The number of aryl methyl sites for hydroxylation is 1. The van der Waals surface area contributed by atoms with E-state index in [1.807, 2.05) is 50.2 Å². The Morgan fingerprint density at radius 1 is 1.00 bits per heavy atom. The number of nitrogens with zero attached hydrogens (tertiary/aromatic N) is 1. The van der Waals surface area contributed by atoms with Gasteiger partial charge in [0.15, 0.2) is 0 Å². The minimum Gasteiger partial charge on any atom is -0.207 e. The molecule has 0 aliphatic rings. The second-order valence-electron chi connectivity index (χ2n) is 4.92. The van der Waals surface area contributed by atoms with Crippen LogP contribution in [0.5, 0.6) is 0 Å². The molecule has 0 aromatic heterocycles. The van der Waals surface area contributed by atoms with Crippen LogP contribution in [0.4, 0.5) is 0 Å². The molecule has 0 spiro atoms. The first-order valence-corrected chi connectivity index (χ1v) is 7.96. The molecule has 0 amide bonds. The largest absolute Gasteiger partial charge is 0.243 e. The van der Waals surface area contributed by atoms with Gasteiger partial charge in [-0.25, -0.2) is 8.42 Å². The van der Waals surface area contributed by atoms with Crippen LogP contribution >= 0.6 is 0 Å². The fourth-order valence-corrected chi connectivity index (χ4v) is 3.55. The van der Waals surface area contributed by atoms with Gasteiger partial charge in [0.1, 0.15) is 0 Å². The summed E-state index contributed by atoms with van der Waals surface area (Å²) in [6, 6.07) is 16.4. The van der Waals surface area contributed by atoms with E-state index >= 15 is 0 Å². The van der Waals surface area contributed by atoms with Crippen molar-refractivity contribution in [3.8, 4) is 0 Å². The molecule has 0 aliphatic carbocycles. The van der Waals surface area contributed by atoms with Gasteiger partial charge in [0, 0.05) is 13.1 Å². The van der Waals surface area contributed by atoms with Crippen molar-refractivity contribution in [1.29, 1.82) is 0 Å². The van der Waals surface area contributed by atoms with E-state index in [1.165, 1.54) is 4.31 Å². The molecular weight excluding hydrogens is 270 g/mol. The molecular formula is C16H19NO2S. The molecule has 0 saturated heterocycles. The lowest BCUT2D eigenvalue weighted by molar-refractivity contribution is 0.398. The Morgan fingerprint density at radius 3 is 2.25 bits per heavy atom. The summed E-state index contributed by atoms with van der Waals surface area (Å²) in [6.07, 6.45) is 0. The summed E-state index contributed by atoms with van der Waals surface area (Å²) in [5.41, 5.74) is 1.91. The van der Waals surface area contributed by atoms with Gasteiger partial charge in [-0.1, -0.05) is 42.5 Å². The molecule has 0 bridgehead atoms. The van der Waals surface area contributed by atoms with Gasteiger partial charge in [0.05, 0.1) is 4.90 Å². The van der Waals surface area contributed by atoms with Crippen LogP contribution in [-0.4, -0.2) is 19.8 Å². The van der Waals surface area contributed by atoms with Crippen molar-refractivity contribution in [2.24, 2.45) is 0 Å². The average Bonchev–Trinajstić information content (AvgIpc) is 2.46. The molecule has 2 aromatic rings. The summed E-state index contributed by atoms with van der Waals surface area (Å²) < 4.78 is 26.7. The van der Waals surface area contributed by atoms with Crippen LogP contribution in [0, 0.1) is 6.92 Å². The van der Waals surface area contributed by atoms with E-state index in [4.69, 9.17) is 0 Å². The molecule has 106 valence electrons. The predicted octanol–water partition coefficient (Wildman–Crippen LogP) is 3.38. The van der Waals surface area contributed by atoms with E-state index in [9.17, 15) is 8.42 Å². The first-order valence-electron chi connectivity index (χ1n) is 6.52. The second kappa shape index (κ2) is 5.77. The van der Waals surface area contributed by atoms with Gasteiger partial charge in [-0.3, -0.25) is 0 Å². The van der Waals surface area contributed by atoms with Crippen LogP contribution in [0.25, 0.3) is 0 Å². The van der Waals surface area contributed by atoms with Crippen LogP contribution in [0.1, 0.15) is 24.1 Å². The van der Waals surface area contributed by atoms with Gasteiger partial charge in [-0.05, 0) is 37.1 Å². The van der Waals surface area contributed by atoms with Gasteiger partial charge in [-0.2, -0.15) is 4.31 Å². The maximum absolute atomic E-state index is 12.6. The van der Waals surface area contributed by atoms with E-state index in [1.54, 1.807) is 25.2 Å². The zero-order valence-corrected chi connectivity index (χ0v) is 12.8. The van der Waals surface area contributed by atoms with Gasteiger partial charge < -0.3 is 0 Å². The predicted molar refractivity (Wildman–Crippen MR) is 81.0 cm³/mol. The highest BCUT2D eigenvalue weighted by atomic mass is 32.2. The van der Waals surface area contributed by atoms with Gasteiger partial charge >= 0.3 is 0 Å². The molecule has 0 radical (unpaired) electrons. The molecule has 2 aromatic carbocycles. The van der Waals surface area contributed by atoms with Crippen molar-refractivity contribution in [2.45, 2.75) is 24.8 Å². The third kappa shape index (κ3) is 2.92. The Balaban J connectivity index is 2.35. The summed E-state index contributed by atoms with van der Waals surface area (Å²) in [5.74, 6) is 0. The third-order valence-corrected chi connectivity index (χ3v) is 5.42. The summed E-state index contributed by atoms with van der Waals surface area (Å²) >= 11 is 0. The van der Waals surface area contributed by atoms with Crippen LogP contribution in [-0.2, 0) is 10.0 Å². The standard InChI is InChI=1S/C16H19NO2S/c1-13-8-7-11-16(12-13)20(18,19)17(3)14(2)15-9-5-4-6-10-15/h4-12,14H,1-3H3. The van der Waals surface area contributed by atoms with Crippen molar-refractivity contribution < 1.29 is 8.42 Å². The summed E-state index contributed by atoms with van der Waals surface area (Å²) in [6.45, 7) is 3.78. The van der Waals surface area contributed by atoms with E-state index in [2.05, 4.69) is 0 Å². The van der Waals surface area contributed by atoms with Crippen LogP contribution in [0.15, 0.2) is 59.5 Å². The van der Waals surface area contributed by atoms with Crippen molar-refractivity contribution in [3.63, 3.8) is 0 Å². The maximum atomic E-state index is 12.6. The monoisotopic (exact) mass is 289 g/mol. The Bertz CT molecular complexity index is 681. The molecule has 0 saturated carbocycles. The summed E-state index contributed by atoms with van der Waals surface area (Å²) in [7, 11) is -1.86. The first kappa shape index (κ1) is 14.8. The highest BCUT2D eigenvalue weighted by molar-refractivity contribution is 7.89. The van der Waals surface area contributed by atoms with E-state index < -0.39 is 10.0 Å². The normalized spacial score (nSPS) is 13.4. The number of hydrogen-bond acceptors (Lipinski definition) is 2. The number of hydrogen-bond donors (Lipinski definition) is 0. The number of rotatable bonds is 4. The zero-order chi connectivity index (χ0) is 14.8. The Labute approximate surface area is 120 Å². The topological polar surface area (TPSA) is 37.4 Å². The second-order valence-corrected chi connectivity index (χ2v) is 6.92. The van der Waals surface area contributed by atoms with Gasteiger partial charge in [0.2, 0.25) is 10.0 Å². The molecule has 1 unspecified atom stereocenters. The minimum absolute atomic E-state index is 0.207. The molecule has 2 rings (SSSR count). The lowest BCUT2D eigenvalue weighted by Crippen LogP contribution is -2.29. The van der Waals surface area contributed by atoms with E-state index in [0.29, 0.717) is 4.90 Å². The zero-order valence-electron chi connectivity index (χ0n) is 11.9. The van der Waals surface area contributed by atoms with Crippen molar-refractivity contribution in [1.82, 2.24) is 4.31 Å². The third-order valence-electron chi connectivity index (χ3n) is 3.49. The lowest BCUT2D eigenvalue weighted by atomic mass is 10.1. The Morgan fingerprint density at radius 2 is 1.65 bits per heavy atom. The molecule has 0 heterocycles. The average molecular weight is 289 g/mol. The molecule has 1 atom stereocenters. The minimum atomic E-state index is -3.48. The van der Waals surface area contributed by atoms with E-state index in [-0.39, 0.29) is 6.04 Å². The highest BCUT2D eigenvalue weighted by Gasteiger charge is 2.26. The van der Waals surface area contributed by atoms with Gasteiger partial charge in [-0.15, -0.1) is 0 Å². The van der Waals surface area contributed by atoms with Gasteiger partial charge in [0.25, 0.3) is 0 Å². The molecule has 20 heavy (non-hydrogen) atoms. The number of benzene rings is 2. The molecule has 4 heteroatoms. The van der Waals surface area contributed by atoms with E-state index in [0.717, 1.165) is 11.1 Å². The van der Waals surface area contributed by atoms with Crippen molar-refractivity contribution in [2.75, 3.05) is 7.05 Å². The van der Waals surface area contributed by atoms with Crippen molar-refractivity contribution in [3.05, 3.63) is 65.7 Å². The Kier molecular flexibility index (Phi) is 4.26. The first-order chi connectivity index (χ1) is 9.43. The van der Waals surface area contributed by atoms with Crippen LogP contribution in [0.2, 0.25) is 0 Å². The molecule has 0 aliphatic heterocycles. The SMILES string of the molecule is Cc1cccc(S(=O)(=O)N(C)C(C)c2ccccc2)c1.